The molecule has 0 radical (unpaired) electrons. The van der Waals surface area contributed by atoms with Gasteiger partial charge in [-0.1, -0.05) is 64.0 Å². The van der Waals surface area contributed by atoms with Crippen molar-refractivity contribution >= 4 is 18.3 Å². The fourth-order valence-corrected chi connectivity index (χ4v) is 3.33. The molecular weight excluding hydrogens is 332 g/mol. The van der Waals surface area contributed by atoms with E-state index < -0.39 is 0 Å². The number of hydrogen-bond donors (Lipinski definition) is 2. The van der Waals surface area contributed by atoms with E-state index >= 15 is 0 Å². The molecule has 0 aromatic heterocycles. The fourth-order valence-electron chi connectivity index (χ4n) is 3.33. The molecule has 1 aromatic carbocycles. The normalized spacial score (nSPS) is 16.4. The van der Waals surface area contributed by atoms with Gasteiger partial charge in [-0.25, -0.2) is 0 Å². The van der Waals surface area contributed by atoms with Crippen molar-refractivity contribution in [3.05, 3.63) is 35.4 Å². The minimum Gasteiger partial charge on any atom is -0.348 e. The maximum absolute atomic E-state index is 12.2. The summed E-state index contributed by atoms with van der Waals surface area (Å²) >= 11 is 0. The molecule has 142 valence electrons. The third-order valence-corrected chi connectivity index (χ3v) is 4.93. The molecule has 3 nitrogen and oxygen atoms in total. The Bertz CT molecular complexity index is 469. The number of rotatable bonds is 11. The highest BCUT2D eigenvalue weighted by molar-refractivity contribution is 5.94. The summed E-state index contributed by atoms with van der Waals surface area (Å²) in [4.78, 5) is 12.2. The minimum atomic E-state index is 0. The van der Waals surface area contributed by atoms with Crippen LogP contribution in [0.3, 0.4) is 0 Å². The van der Waals surface area contributed by atoms with Crippen LogP contribution in [0, 0.1) is 0 Å². The van der Waals surface area contributed by atoms with Crippen LogP contribution in [0.25, 0.3) is 0 Å². The van der Waals surface area contributed by atoms with Gasteiger partial charge in [0.05, 0.1) is 0 Å². The Kier molecular flexibility index (Phi) is 11.6. The number of carbonyl (C=O) groups excluding carboxylic acids is 1. The molecule has 1 saturated heterocycles. The van der Waals surface area contributed by atoms with Crippen LogP contribution in [0.4, 0.5) is 0 Å². The molecule has 4 heteroatoms. The summed E-state index contributed by atoms with van der Waals surface area (Å²) < 4.78 is 0. The third kappa shape index (κ3) is 8.73. The highest BCUT2D eigenvalue weighted by Gasteiger charge is 2.17. The van der Waals surface area contributed by atoms with Crippen molar-refractivity contribution in [1.29, 1.82) is 0 Å². The van der Waals surface area contributed by atoms with Crippen LogP contribution < -0.4 is 10.6 Å². The fraction of sp³-hybridized carbons (Fsp3) is 0.667. The molecule has 0 bridgehead atoms. The number of benzene rings is 1. The molecule has 1 atom stereocenters. The number of hydrogen-bond acceptors (Lipinski definition) is 2. The van der Waals surface area contributed by atoms with Crippen LogP contribution in [0.2, 0.25) is 0 Å². The molecule has 1 fully saturated rings. The largest absolute Gasteiger partial charge is 0.348 e. The number of aryl methyl sites for hydroxylation is 1. The van der Waals surface area contributed by atoms with Crippen LogP contribution in [0.1, 0.15) is 80.6 Å². The number of amides is 1. The first kappa shape index (κ1) is 22.0. The van der Waals surface area contributed by atoms with Crippen LogP contribution in [-0.4, -0.2) is 25.0 Å². The summed E-state index contributed by atoms with van der Waals surface area (Å²) in [5, 5.41) is 6.37. The van der Waals surface area contributed by atoms with Crippen LogP contribution in [0.5, 0.6) is 0 Å². The quantitative estimate of drug-likeness (QED) is 0.548. The van der Waals surface area contributed by atoms with E-state index in [-0.39, 0.29) is 24.4 Å². The lowest BCUT2D eigenvalue weighted by molar-refractivity contribution is 0.0940. The second-order valence-corrected chi connectivity index (χ2v) is 7.08. The summed E-state index contributed by atoms with van der Waals surface area (Å²) in [5.41, 5.74) is 2.13. The predicted molar refractivity (Wildman–Crippen MR) is 109 cm³/mol. The van der Waals surface area contributed by atoms with Crippen LogP contribution in [0.15, 0.2) is 24.3 Å². The molecule has 1 amide bonds. The Labute approximate surface area is 159 Å². The maximum Gasteiger partial charge on any atom is 0.251 e. The molecule has 1 aliphatic heterocycles. The van der Waals surface area contributed by atoms with E-state index in [0.717, 1.165) is 31.5 Å². The molecule has 1 aromatic rings. The molecule has 1 heterocycles. The molecular formula is C21H35ClN2O. The van der Waals surface area contributed by atoms with Crippen molar-refractivity contribution in [3.8, 4) is 0 Å². The van der Waals surface area contributed by atoms with E-state index in [4.69, 9.17) is 0 Å². The molecule has 25 heavy (non-hydrogen) atoms. The Balaban J connectivity index is 0.00000312. The van der Waals surface area contributed by atoms with Gasteiger partial charge in [0.25, 0.3) is 5.91 Å². The second-order valence-electron chi connectivity index (χ2n) is 7.08. The number of halogens is 1. The van der Waals surface area contributed by atoms with Gasteiger partial charge >= 0.3 is 0 Å². The topological polar surface area (TPSA) is 41.1 Å². The number of nitrogens with one attached hydrogen (secondary N) is 2. The summed E-state index contributed by atoms with van der Waals surface area (Å²) in [6.45, 7) is 4.16. The van der Waals surface area contributed by atoms with E-state index in [1.807, 2.05) is 12.1 Å². The Morgan fingerprint density at radius 3 is 2.28 bits per heavy atom. The van der Waals surface area contributed by atoms with Gasteiger partial charge in [-0.3, -0.25) is 4.79 Å². The number of unbranched alkanes of at least 4 members (excludes halogenated alkanes) is 7. The number of carbonyl (C=O) groups is 1. The van der Waals surface area contributed by atoms with Crippen molar-refractivity contribution in [3.63, 3.8) is 0 Å². The van der Waals surface area contributed by atoms with Gasteiger partial charge in [0, 0.05) is 18.2 Å². The van der Waals surface area contributed by atoms with Gasteiger partial charge in [-0.05, 0) is 43.5 Å². The smallest absolute Gasteiger partial charge is 0.251 e. The summed E-state index contributed by atoms with van der Waals surface area (Å²) in [6.07, 6.45) is 13.0. The predicted octanol–water partition coefficient (Wildman–Crippen LogP) is 4.88. The van der Waals surface area contributed by atoms with Crippen molar-refractivity contribution in [2.45, 2.75) is 77.2 Å². The monoisotopic (exact) mass is 366 g/mol. The molecule has 1 aliphatic rings. The lowest BCUT2D eigenvalue weighted by Gasteiger charge is -2.11. The zero-order valence-corrected chi connectivity index (χ0v) is 16.5. The first-order valence-corrected chi connectivity index (χ1v) is 9.90. The van der Waals surface area contributed by atoms with Crippen molar-refractivity contribution in [2.24, 2.45) is 0 Å². The van der Waals surface area contributed by atoms with Crippen LogP contribution >= 0.6 is 12.4 Å². The SMILES string of the molecule is CCCCCCCCCCc1ccc(C(=O)N[C@@H]2CCNC2)cc1.Cl. The van der Waals surface area contributed by atoms with Gasteiger partial charge in [0.15, 0.2) is 0 Å². The van der Waals surface area contributed by atoms with Crippen molar-refractivity contribution in [1.82, 2.24) is 10.6 Å². The standard InChI is InChI=1S/C21H34N2O.ClH/c1-2-3-4-5-6-7-8-9-10-18-11-13-19(14-12-18)21(24)23-20-15-16-22-17-20;/h11-14,20,22H,2-10,15-17H2,1H3,(H,23,24);1H/t20-;/m1./s1. The maximum atomic E-state index is 12.2. The minimum absolute atomic E-state index is 0. The molecule has 2 N–H and O–H groups in total. The Morgan fingerprint density at radius 2 is 1.68 bits per heavy atom. The van der Waals surface area contributed by atoms with Gasteiger partial charge in [0.1, 0.15) is 0 Å². The average molecular weight is 367 g/mol. The van der Waals surface area contributed by atoms with Gasteiger partial charge in [-0.15, -0.1) is 12.4 Å². The lowest BCUT2D eigenvalue weighted by atomic mass is 10.0. The molecule has 0 saturated carbocycles. The molecule has 2 rings (SSSR count). The van der Waals surface area contributed by atoms with E-state index in [1.54, 1.807) is 0 Å². The first-order valence-electron chi connectivity index (χ1n) is 9.90. The zero-order valence-electron chi connectivity index (χ0n) is 15.7. The van der Waals surface area contributed by atoms with E-state index in [1.165, 1.54) is 56.9 Å². The summed E-state index contributed by atoms with van der Waals surface area (Å²) in [5.74, 6) is 0.0577. The van der Waals surface area contributed by atoms with Crippen molar-refractivity contribution < 1.29 is 4.79 Å². The lowest BCUT2D eigenvalue weighted by Crippen LogP contribution is -2.36. The van der Waals surface area contributed by atoms with Gasteiger partial charge in [-0.2, -0.15) is 0 Å². The first-order chi connectivity index (χ1) is 11.8. The summed E-state index contributed by atoms with van der Waals surface area (Å²) in [7, 11) is 0. The molecule has 0 unspecified atom stereocenters. The highest BCUT2D eigenvalue weighted by Crippen LogP contribution is 2.12. The Hall–Kier alpha value is -1.06. The summed E-state index contributed by atoms with van der Waals surface area (Å²) in [6, 6.07) is 8.45. The van der Waals surface area contributed by atoms with Crippen LogP contribution in [-0.2, 0) is 6.42 Å². The molecule has 0 spiro atoms. The second kappa shape index (κ2) is 13.2. The van der Waals surface area contributed by atoms with E-state index in [2.05, 4.69) is 29.7 Å². The zero-order chi connectivity index (χ0) is 17.0. The highest BCUT2D eigenvalue weighted by atomic mass is 35.5. The average Bonchev–Trinajstić information content (AvgIpc) is 3.11. The van der Waals surface area contributed by atoms with E-state index in [9.17, 15) is 4.79 Å². The van der Waals surface area contributed by atoms with E-state index in [0.29, 0.717) is 0 Å². The Morgan fingerprint density at radius 1 is 1.04 bits per heavy atom. The third-order valence-electron chi connectivity index (χ3n) is 4.93. The van der Waals surface area contributed by atoms with Gasteiger partial charge < -0.3 is 10.6 Å². The molecule has 0 aliphatic carbocycles. The van der Waals surface area contributed by atoms with Crippen molar-refractivity contribution in [2.75, 3.05) is 13.1 Å². The van der Waals surface area contributed by atoms with Gasteiger partial charge in [0.2, 0.25) is 0 Å².